The molecule has 4 rings (SSSR count). The summed E-state index contributed by atoms with van der Waals surface area (Å²) in [6.45, 7) is 2.55. The lowest BCUT2D eigenvalue weighted by Gasteiger charge is -2.25. The summed E-state index contributed by atoms with van der Waals surface area (Å²) in [5, 5.41) is 0. The molecular formula is C19H20N2O4. The number of nitrogens with zero attached hydrogens (tertiary/aromatic N) is 2. The van der Waals surface area contributed by atoms with E-state index in [1.807, 2.05) is 18.2 Å². The van der Waals surface area contributed by atoms with Crippen LogP contribution >= 0.6 is 0 Å². The first-order chi connectivity index (χ1) is 12.2. The Balaban J connectivity index is 1.69. The molecule has 1 aromatic heterocycles. The van der Waals surface area contributed by atoms with E-state index in [4.69, 9.17) is 4.42 Å². The summed E-state index contributed by atoms with van der Waals surface area (Å²) in [4.78, 5) is 28.9. The highest BCUT2D eigenvalue weighted by Gasteiger charge is 2.34. The third-order valence-corrected chi connectivity index (χ3v) is 5.02. The van der Waals surface area contributed by atoms with Crippen LogP contribution in [0, 0.1) is 0 Å². The van der Waals surface area contributed by atoms with Crippen molar-refractivity contribution in [3.63, 3.8) is 0 Å². The number of hydrogen-bond donors (Lipinski definition) is 0. The minimum Gasteiger partial charge on any atom is -0.465 e. The Kier molecular flexibility index (Phi) is 4.05. The highest BCUT2D eigenvalue weighted by molar-refractivity contribution is 6.06. The lowest BCUT2D eigenvalue weighted by molar-refractivity contribution is 0.0600. The second-order valence-electron chi connectivity index (χ2n) is 6.50. The standard InChI is InChI=1S/C19H20N2O4/c1-24-19(23)14-9-17(25-12-14)18(22)21-11-15-6-4-8-20(15)10-13-5-2-3-7-16(13)21/h2-3,5,7,9,12,15H,4,6,8,10-11H2,1H3. The van der Waals surface area contributed by atoms with Gasteiger partial charge in [-0.1, -0.05) is 18.2 Å². The third kappa shape index (κ3) is 2.82. The zero-order valence-electron chi connectivity index (χ0n) is 14.1. The SMILES string of the molecule is COC(=O)c1coc(C(=O)N2CC3CCCN3Cc3ccccc32)c1. The average molecular weight is 340 g/mol. The van der Waals surface area contributed by atoms with Crippen LogP contribution in [0.1, 0.15) is 39.3 Å². The highest BCUT2D eigenvalue weighted by Crippen LogP contribution is 2.32. The summed E-state index contributed by atoms with van der Waals surface area (Å²) in [5.74, 6) is -0.584. The number of fused-ring (bicyclic) bond motifs is 2. The van der Waals surface area contributed by atoms with Crippen molar-refractivity contribution in [2.24, 2.45) is 0 Å². The number of para-hydroxylation sites is 1. The predicted molar refractivity (Wildman–Crippen MR) is 91.6 cm³/mol. The molecule has 6 nitrogen and oxygen atoms in total. The van der Waals surface area contributed by atoms with Gasteiger partial charge in [0.25, 0.3) is 5.91 Å². The Bertz CT molecular complexity index is 813. The molecule has 1 unspecified atom stereocenters. The van der Waals surface area contributed by atoms with E-state index in [9.17, 15) is 9.59 Å². The normalized spacial score (nSPS) is 19.9. The molecular weight excluding hydrogens is 320 g/mol. The van der Waals surface area contributed by atoms with Crippen LogP contribution in [-0.2, 0) is 11.3 Å². The van der Waals surface area contributed by atoms with Gasteiger partial charge in [-0.2, -0.15) is 0 Å². The zero-order valence-corrected chi connectivity index (χ0v) is 14.1. The van der Waals surface area contributed by atoms with E-state index in [-0.39, 0.29) is 17.2 Å². The van der Waals surface area contributed by atoms with Gasteiger partial charge in [0.2, 0.25) is 0 Å². The minimum atomic E-state index is -0.513. The van der Waals surface area contributed by atoms with Crippen molar-refractivity contribution in [2.45, 2.75) is 25.4 Å². The summed E-state index contributed by atoms with van der Waals surface area (Å²) in [7, 11) is 1.30. The molecule has 1 aromatic carbocycles. The maximum Gasteiger partial charge on any atom is 0.341 e. The predicted octanol–water partition coefficient (Wildman–Crippen LogP) is 2.69. The summed E-state index contributed by atoms with van der Waals surface area (Å²) in [5.41, 5.74) is 2.30. The molecule has 1 amide bonds. The average Bonchev–Trinajstić information content (AvgIpc) is 3.26. The zero-order chi connectivity index (χ0) is 17.4. The van der Waals surface area contributed by atoms with Crippen LogP contribution in [0.25, 0.3) is 0 Å². The summed E-state index contributed by atoms with van der Waals surface area (Å²) in [6, 6.07) is 9.79. The van der Waals surface area contributed by atoms with Crippen molar-refractivity contribution in [2.75, 3.05) is 25.1 Å². The molecule has 25 heavy (non-hydrogen) atoms. The molecule has 0 bridgehead atoms. The van der Waals surface area contributed by atoms with E-state index in [1.165, 1.54) is 19.4 Å². The van der Waals surface area contributed by atoms with Crippen molar-refractivity contribution >= 4 is 17.6 Å². The summed E-state index contributed by atoms with van der Waals surface area (Å²) in [6.07, 6.45) is 3.51. The third-order valence-electron chi connectivity index (χ3n) is 5.02. The van der Waals surface area contributed by atoms with Crippen molar-refractivity contribution in [1.29, 1.82) is 0 Å². The second kappa shape index (κ2) is 6.37. The first-order valence-corrected chi connectivity index (χ1v) is 8.48. The molecule has 1 saturated heterocycles. The van der Waals surface area contributed by atoms with Gasteiger partial charge < -0.3 is 14.1 Å². The van der Waals surface area contributed by atoms with Gasteiger partial charge in [-0.3, -0.25) is 9.69 Å². The Morgan fingerprint density at radius 1 is 1.28 bits per heavy atom. The Labute approximate surface area is 146 Å². The van der Waals surface area contributed by atoms with Crippen LogP contribution in [0.3, 0.4) is 0 Å². The van der Waals surface area contributed by atoms with Crippen LogP contribution < -0.4 is 4.90 Å². The number of carbonyl (C=O) groups excluding carboxylic acids is 2. The number of rotatable bonds is 2. The largest absolute Gasteiger partial charge is 0.465 e. The molecule has 0 N–H and O–H groups in total. The van der Waals surface area contributed by atoms with Gasteiger partial charge in [-0.15, -0.1) is 0 Å². The fourth-order valence-corrected chi connectivity index (χ4v) is 3.74. The van der Waals surface area contributed by atoms with Gasteiger partial charge >= 0.3 is 5.97 Å². The topological polar surface area (TPSA) is 63.0 Å². The van der Waals surface area contributed by atoms with E-state index in [0.717, 1.165) is 37.2 Å². The molecule has 2 aliphatic heterocycles. The van der Waals surface area contributed by atoms with Gasteiger partial charge in [0.05, 0.1) is 12.7 Å². The molecule has 6 heteroatoms. The second-order valence-corrected chi connectivity index (χ2v) is 6.50. The fraction of sp³-hybridized carbons (Fsp3) is 0.368. The maximum absolute atomic E-state index is 13.1. The number of anilines is 1. The van der Waals surface area contributed by atoms with Crippen LogP contribution in [0.15, 0.2) is 41.0 Å². The van der Waals surface area contributed by atoms with Crippen molar-refractivity contribution in [3.05, 3.63) is 53.5 Å². The van der Waals surface area contributed by atoms with Gasteiger partial charge in [0.15, 0.2) is 5.76 Å². The summed E-state index contributed by atoms with van der Waals surface area (Å²) < 4.78 is 10.0. The monoisotopic (exact) mass is 340 g/mol. The van der Waals surface area contributed by atoms with E-state index in [2.05, 4.69) is 15.7 Å². The Hall–Kier alpha value is -2.60. The lowest BCUT2D eigenvalue weighted by Crippen LogP contribution is -2.40. The maximum atomic E-state index is 13.1. The van der Waals surface area contributed by atoms with E-state index < -0.39 is 5.97 Å². The number of ether oxygens (including phenoxy) is 1. The van der Waals surface area contributed by atoms with Crippen LogP contribution in [0.4, 0.5) is 5.69 Å². The number of methoxy groups -OCH3 is 1. The van der Waals surface area contributed by atoms with Crippen LogP contribution in [-0.4, -0.2) is 43.0 Å². The first-order valence-electron chi connectivity index (χ1n) is 8.48. The number of amides is 1. The molecule has 3 heterocycles. The van der Waals surface area contributed by atoms with Gasteiger partial charge in [0, 0.05) is 30.9 Å². The molecule has 1 fully saturated rings. The molecule has 0 radical (unpaired) electrons. The quantitative estimate of drug-likeness (QED) is 0.787. The van der Waals surface area contributed by atoms with Gasteiger partial charge in [-0.25, -0.2) is 4.79 Å². The van der Waals surface area contributed by atoms with Crippen molar-refractivity contribution in [3.8, 4) is 0 Å². The number of hydrogen-bond acceptors (Lipinski definition) is 5. The molecule has 2 aromatic rings. The molecule has 0 spiro atoms. The summed E-state index contributed by atoms with van der Waals surface area (Å²) >= 11 is 0. The van der Waals surface area contributed by atoms with Crippen LogP contribution in [0.5, 0.6) is 0 Å². The molecule has 1 atom stereocenters. The molecule has 0 aliphatic carbocycles. The number of esters is 1. The van der Waals surface area contributed by atoms with E-state index in [0.29, 0.717) is 12.6 Å². The minimum absolute atomic E-state index is 0.154. The van der Waals surface area contributed by atoms with E-state index >= 15 is 0 Å². The molecule has 0 saturated carbocycles. The first kappa shape index (κ1) is 15.9. The molecule has 130 valence electrons. The van der Waals surface area contributed by atoms with Crippen molar-refractivity contribution in [1.82, 2.24) is 4.90 Å². The number of benzene rings is 1. The molecule has 2 aliphatic rings. The Morgan fingerprint density at radius 3 is 2.96 bits per heavy atom. The van der Waals surface area contributed by atoms with E-state index in [1.54, 1.807) is 4.90 Å². The van der Waals surface area contributed by atoms with Gasteiger partial charge in [0.1, 0.15) is 6.26 Å². The van der Waals surface area contributed by atoms with Gasteiger partial charge in [-0.05, 0) is 31.0 Å². The van der Waals surface area contributed by atoms with Crippen molar-refractivity contribution < 1.29 is 18.7 Å². The highest BCUT2D eigenvalue weighted by atomic mass is 16.5. The fourth-order valence-electron chi connectivity index (χ4n) is 3.74. The van der Waals surface area contributed by atoms with Crippen LogP contribution in [0.2, 0.25) is 0 Å². The number of carbonyl (C=O) groups is 2. The Morgan fingerprint density at radius 2 is 2.12 bits per heavy atom. The number of furan rings is 1. The smallest absolute Gasteiger partial charge is 0.341 e. The lowest BCUT2D eigenvalue weighted by atomic mass is 10.1.